The maximum atomic E-state index is 11.7. The molecule has 208 valence electrons. The summed E-state index contributed by atoms with van der Waals surface area (Å²) in [6.45, 7) is 5.15. The van der Waals surface area contributed by atoms with Gasteiger partial charge in [-0.1, -0.05) is 6.07 Å². The Morgan fingerprint density at radius 3 is 2.57 bits per heavy atom. The number of phenols is 1. The molecule has 1 aliphatic heterocycles. The molecule has 6 unspecified atom stereocenters. The number of alkyl halides is 1. The fourth-order valence-electron chi connectivity index (χ4n) is 2.76. The molecule has 2 rings (SSSR count). The fourth-order valence-corrected chi connectivity index (χ4v) is 3.73. The highest BCUT2D eigenvalue weighted by Crippen LogP contribution is 2.29. The van der Waals surface area contributed by atoms with Gasteiger partial charge in [0.25, 0.3) is 0 Å². The summed E-state index contributed by atoms with van der Waals surface area (Å²) in [5, 5.41) is 23.4. The molecule has 0 radical (unpaired) electrons. The molecule has 1 aliphatic rings. The normalized spacial score (nSPS) is 21.9. The van der Waals surface area contributed by atoms with E-state index in [1.165, 1.54) is 13.2 Å². The van der Waals surface area contributed by atoms with Crippen molar-refractivity contribution in [2.24, 2.45) is 0 Å². The molecular weight excluding hydrogens is 529 g/mol. The number of rotatable bonds is 12. The van der Waals surface area contributed by atoms with Gasteiger partial charge in [0.05, 0.1) is 28.8 Å². The van der Waals surface area contributed by atoms with E-state index in [-0.39, 0.29) is 27.4 Å². The van der Waals surface area contributed by atoms with Gasteiger partial charge in [-0.2, -0.15) is 0 Å². The van der Waals surface area contributed by atoms with E-state index in [4.69, 9.17) is 35.4 Å². The van der Waals surface area contributed by atoms with Crippen molar-refractivity contribution < 1.29 is 43.3 Å². The lowest BCUT2D eigenvalue weighted by atomic mass is 10.2. The zero-order chi connectivity index (χ0) is 28.0. The van der Waals surface area contributed by atoms with Gasteiger partial charge >= 0.3 is 5.97 Å². The van der Waals surface area contributed by atoms with Crippen LogP contribution in [0.5, 0.6) is 11.5 Å². The number of nitrogens with one attached hydrogen (secondary N) is 2. The van der Waals surface area contributed by atoms with Crippen LogP contribution in [-0.2, 0) is 28.4 Å². The van der Waals surface area contributed by atoms with Gasteiger partial charge in [-0.05, 0) is 32.9 Å². The van der Waals surface area contributed by atoms with Gasteiger partial charge in [0.2, 0.25) is 12.3 Å². The number of aliphatic hydroxyl groups is 1. The Bertz CT molecular complexity index is 893. The second-order valence-electron chi connectivity index (χ2n) is 7.95. The third-order valence-corrected chi connectivity index (χ3v) is 6.04. The van der Waals surface area contributed by atoms with Gasteiger partial charge in [0, 0.05) is 25.4 Å². The van der Waals surface area contributed by atoms with Gasteiger partial charge in [-0.3, -0.25) is 24.4 Å². The number of nitrogens with zero attached hydrogens (tertiary/aromatic N) is 1. The lowest BCUT2D eigenvalue weighted by Crippen LogP contribution is -2.37. The summed E-state index contributed by atoms with van der Waals surface area (Å²) in [7, 11) is 2.77. The molecule has 0 saturated carbocycles. The highest BCUT2D eigenvalue weighted by Gasteiger charge is 2.45. The van der Waals surface area contributed by atoms with Crippen molar-refractivity contribution in [2.45, 2.75) is 56.7 Å². The molecule has 1 fully saturated rings. The molecule has 0 spiro atoms. The first kappa shape index (κ1) is 32.6. The summed E-state index contributed by atoms with van der Waals surface area (Å²) >= 11 is 6.16. The van der Waals surface area contributed by atoms with Crippen molar-refractivity contribution in [3.05, 3.63) is 36.5 Å². The average molecular weight is 564 g/mol. The van der Waals surface area contributed by atoms with Crippen LogP contribution in [0.3, 0.4) is 0 Å². The molecule has 1 aromatic carbocycles. The predicted molar refractivity (Wildman–Crippen MR) is 138 cm³/mol. The Kier molecular flexibility index (Phi) is 15.1. The lowest BCUT2D eigenvalue weighted by Gasteiger charge is -2.22. The van der Waals surface area contributed by atoms with Crippen LogP contribution >= 0.6 is 20.6 Å². The largest absolute Gasteiger partial charge is 0.508 e. The first-order chi connectivity index (χ1) is 17.5. The number of hydrogen-bond acceptors (Lipinski definition) is 10. The third-order valence-electron chi connectivity index (χ3n) is 4.71. The molecule has 0 bridgehead atoms. The number of carbonyl (C=O) groups is 3. The smallest absolute Gasteiger partial charge is 0.323 e. The number of benzene rings is 1. The number of phenolic OH excluding ortho intramolecular Hbond substituents is 1. The predicted octanol–water partition coefficient (Wildman–Crippen LogP) is 1.25. The van der Waals surface area contributed by atoms with Crippen LogP contribution in [0.1, 0.15) is 20.8 Å². The van der Waals surface area contributed by atoms with Gasteiger partial charge < -0.3 is 34.3 Å². The molecule has 0 aromatic heterocycles. The highest BCUT2D eigenvalue weighted by atomic mass is 35.5. The Balaban J connectivity index is 0.000000635. The number of aliphatic hydroxyl groups excluding tert-OH is 1. The maximum absolute atomic E-state index is 11.7. The highest BCUT2D eigenvalue weighted by molar-refractivity contribution is 7.29. The first-order valence-corrected chi connectivity index (χ1v) is 12.6. The van der Waals surface area contributed by atoms with Crippen LogP contribution in [0.25, 0.3) is 0 Å². The van der Waals surface area contributed by atoms with Crippen LogP contribution in [0, 0.1) is 0 Å². The maximum Gasteiger partial charge on any atom is 0.323 e. The molecule has 0 aliphatic carbocycles. The second-order valence-corrected chi connectivity index (χ2v) is 9.23. The number of aromatic hydroxyl groups is 1. The topological polar surface area (TPSA) is 156 Å². The number of esters is 1. The van der Waals surface area contributed by atoms with Gasteiger partial charge in [-0.25, -0.2) is 0 Å². The van der Waals surface area contributed by atoms with E-state index >= 15 is 0 Å². The van der Waals surface area contributed by atoms with Crippen LogP contribution in [-0.4, -0.2) is 90.1 Å². The molecule has 14 heteroatoms. The number of carbonyl (C=O) groups excluding carboxylic acids is 3. The van der Waals surface area contributed by atoms with E-state index in [2.05, 4.69) is 10.4 Å². The van der Waals surface area contributed by atoms with Gasteiger partial charge in [-0.15, -0.1) is 11.6 Å². The molecule has 1 heterocycles. The first-order valence-electron chi connectivity index (χ1n) is 11.3. The number of hydrogen-bond donors (Lipinski definition) is 4. The third kappa shape index (κ3) is 11.6. The van der Waals surface area contributed by atoms with E-state index in [1.807, 2.05) is 0 Å². The Morgan fingerprint density at radius 1 is 1.32 bits per heavy atom. The van der Waals surface area contributed by atoms with E-state index in [1.54, 1.807) is 52.1 Å². The van der Waals surface area contributed by atoms with Crippen LogP contribution in [0.4, 0.5) is 0 Å². The minimum atomic E-state index is -1.09. The summed E-state index contributed by atoms with van der Waals surface area (Å²) in [5.74, 6) is 0.104. The van der Waals surface area contributed by atoms with Gasteiger partial charge in [0.15, 0.2) is 6.23 Å². The van der Waals surface area contributed by atoms with Gasteiger partial charge in [0.1, 0.15) is 35.1 Å². The van der Waals surface area contributed by atoms with Crippen molar-refractivity contribution in [2.75, 3.05) is 20.8 Å². The molecule has 4 N–H and O–H groups in total. The molecular formula is C23H35ClN3O9P. The second kappa shape index (κ2) is 17.1. The number of likely N-dealkylation sites (N-methyl/N-ethyl adjacent to an activating group) is 1. The summed E-state index contributed by atoms with van der Waals surface area (Å²) in [6, 6.07) is 6.11. The van der Waals surface area contributed by atoms with E-state index in [0.717, 1.165) is 11.0 Å². The van der Waals surface area contributed by atoms with Crippen LogP contribution in [0.2, 0.25) is 0 Å². The lowest BCUT2D eigenvalue weighted by molar-refractivity contribution is -0.149. The SMILES string of the molecule is CNC(=O)/C=C\N(C=O)C1OC(COPNC(C)C(=O)OC(C)C)C(O)C1Cl.COc1cccc(O)c1. The molecule has 37 heavy (non-hydrogen) atoms. The molecule has 2 amide bonds. The Hall–Kier alpha value is -2.47. The number of halogens is 1. The fraction of sp³-hybridized carbons (Fsp3) is 0.522. The summed E-state index contributed by atoms with van der Waals surface area (Å²) in [5.41, 5.74) is 0. The Labute approximate surface area is 223 Å². The average Bonchev–Trinajstić information content (AvgIpc) is 3.15. The monoisotopic (exact) mass is 563 g/mol. The molecule has 1 saturated heterocycles. The Morgan fingerprint density at radius 2 is 2.03 bits per heavy atom. The summed E-state index contributed by atoms with van der Waals surface area (Å²) in [6.07, 6.45) is -0.237. The number of methoxy groups -OCH3 is 1. The van der Waals surface area contributed by atoms with E-state index < -0.39 is 41.7 Å². The van der Waals surface area contributed by atoms with Crippen molar-refractivity contribution in [1.29, 1.82) is 0 Å². The quantitative estimate of drug-likeness (QED) is 0.0729. The number of ether oxygens (including phenoxy) is 3. The zero-order valence-corrected chi connectivity index (χ0v) is 23.0. The van der Waals surface area contributed by atoms with E-state index in [9.17, 15) is 19.5 Å². The van der Waals surface area contributed by atoms with Crippen molar-refractivity contribution in [3.63, 3.8) is 0 Å². The summed E-state index contributed by atoms with van der Waals surface area (Å²) < 4.78 is 20.9. The molecule has 12 nitrogen and oxygen atoms in total. The minimum absolute atomic E-state index is 0.00978. The van der Waals surface area contributed by atoms with Crippen molar-refractivity contribution >= 4 is 38.8 Å². The summed E-state index contributed by atoms with van der Waals surface area (Å²) in [4.78, 5) is 35.3. The number of amides is 2. The van der Waals surface area contributed by atoms with Crippen molar-refractivity contribution in [3.8, 4) is 11.5 Å². The molecule has 1 aromatic rings. The van der Waals surface area contributed by atoms with Crippen LogP contribution < -0.4 is 15.1 Å². The standard InChI is InChI=1S/C16H27ClN3O7P.C7H8O2/c1-9(2)26-16(24)10(3)19-28-25-7-11-14(23)13(17)15(27-11)20(8-21)6-5-12(22)18-4;1-9-7-4-2-3-6(8)5-7/h5-6,8-11,13-15,19,23,28H,7H2,1-4H3,(H,18,22);2-5,8H,1H3/b6-5-;. The van der Waals surface area contributed by atoms with E-state index in [0.29, 0.717) is 12.2 Å². The van der Waals surface area contributed by atoms with Crippen LogP contribution in [0.15, 0.2) is 36.5 Å². The zero-order valence-electron chi connectivity index (χ0n) is 21.3. The molecule has 6 atom stereocenters. The minimum Gasteiger partial charge on any atom is -0.508 e. The van der Waals surface area contributed by atoms with Crippen molar-refractivity contribution in [1.82, 2.24) is 15.3 Å².